The topological polar surface area (TPSA) is 91.3 Å². The number of unbranched alkanes of at least 4 members (excludes halogenated alkanes) is 1. The van der Waals surface area contributed by atoms with Gasteiger partial charge in [0.1, 0.15) is 19.3 Å². The van der Waals surface area contributed by atoms with Gasteiger partial charge in [-0.05, 0) is 83.5 Å². The molecule has 55 heavy (non-hydrogen) atoms. The third-order valence-corrected chi connectivity index (χ3v) is 8.52. The number of rotatable bonds is 35. The molecule has 2 atom stereocenters. The monoisotopic (exact) mass is 785 g/mol. The first-order valence-corrected chi connectivity index (χ1v) is 21.8. The van der Waals surface area contributed by atoms with E-state index >= 15 is 0 Å². The summed E-state index contributed by atoms with van der Waals surface area (Å²) < 4.78 is 34.7. The lowest BCUT2D eigenvalue weighted by molar-refractivity contribution is -0.870. The Morgan fingerprint density at radius 1 is 0.564 bits per heavy atom. The number of quaternary nitrogens is 1. The molecule has 0 aromatic heterocycles. The Bertz CT molecular complexity index is 1280. The average Bonchev–Trinajstić information content (AvgIpc) is 3.13. The highest BCUT2D eigenvalue weighted by Crippen LogP contribution is 2.43. The highest BCUT2D eigenvalue weighted by molar-refractivity contribution is 7.47. The Hall–Kier alpha value is -3.10. The van der Waals surface area contributed by atoms with E-state index in [1.165, 1.54) is 0 Å². The van der Waals surface area contributed by atoms with Gasteiger partial charge in [-0.15, -0.1) is 0 Å². The van der Waals surface area contributed by atoms with E-state index in [1.54, 1.807) is 0 Å². The summed E-state index contributed by atoms with van der Waals surface area (Å²) >= 11 is 0. The van der Waals surface area contributed by atoms with E-state index in [0.717, 1.165) is 77.0 Å². The third kappa shape index (κ3) is 41.9. The Balaban J connectivity index is 4.53. The fourth-order valence-electron chi connectivity index (χ4n) is 4.46. The highest BCUT2D eigenvalue weighted by Gasteiger charge is 2.26. The van der Waals surface area contributed by atoms with E-state index in [2.05, 4.69) is 123 Å². The SMILES string of the molecule is CC/C=C\C/C=C\C/C=C\C/C=C\C/C=C\C/C=C\CCC(=O)OC(COCCC/C=C\C/C=C\C/C=C\C/C=C\CC)COP(=O)(O)OCC[N+](C)(C)C. The number of allylic oxidation sites excluding steroid dienone is 20. The number of hydrogen-bond acceptors (Lipinski definition) is 6. The summed E-state index contributed by atoms with van der Waals surface area (Å²) in [4.78, 5) is 22.8. The maximum Gasteiger partial charge on any atom is 0.472 e. The minimum atomic E-state index is -4.32. The van der Waals surface area contributed by atoms with Crippen molar-refractivity contribution in [3.63, 3.8) is 0 Å². The van der Waals surface area contributed by atoms with Crippen molar-refractivity contribution >= 4 is 13.8 Å². The summed E-state index contributed by atoms with van der Waals surface area (Å²) in [6.45, 7) is 5.08. The fraction of sp³-hybridized carbons (Fsp3) is 0.543. The molecule has 0 saturated carbocycles. The molecule has 0 saturated heterocycles. The van der Waals surface area contributed by atoms with Gasteiger partial charge in [0, 0.05) is 13.0 Å². The predicted molar refractivity (Wildman–Crippen MR) is 233 cm³/mol. The second-order valence-corrected chi connectivity index (χ2v) is 15.3. The summed E-state index contributed by atoms with van der Waals surface area (Å²) in [5.74, 6) is -0.421. The van der Waals surface area contributed by atoms with Gasteiger partial charge in [0.2, 0.25) is 0 Å². The van der Waals surface area contributed by atoms with Gasteiger partial charge in [-0.3, -0.25) is 13.8 Å². The van der Waals surface area contributed by atoms with Crippen LogP contribution in [0.2, 0.25) is 0 Å². The molecular weight excluding hydrogens is 709 g/mol. The van der Waals surface area contributed by atoms with E-state index in [0.29, 0.717) is 24.1 Å². The van der Waals surface area contributed by atoms with Crippen LogP contribution in [0.25, 0.3) is 0 Å². The number of phosphoric ester groups is 1. The van der Waals surface area contributed by atoms with Gasteiger partial charge in [-0.2, -0.15) is 0 Å². The number of carbonyl (C=O) groups excluding carboxylic acids is 1. The maximum absolute atomic E-state index is 12.6. The van der Waals surface area contributed by atoms with Crippen molar-refractivity contribution in [3.8, 4) is 0 Å². The number of carbonyl (C=O) groups is 1. The average molecular weight is 785 g/mol. The molecule has 0 amide bonds. The number of nitrogens with zero attached hydrogens (tertiary/aromatic N) is 1. The van der Waals surface area contributed by atoms with Gasteiger partial charge in [-0.1, -0.05) is 135 Å². The fourth-order valence-corrected chi connectivity index (χ4v) is 5.20. The van der Waals surface area contributed by atoms with Crippen LogP contribution in [0, 0.1) is 0 Å². The number of ether oxygens (including phenoxy) is 2. The number of phosphoric acid groups is 1. The van der Waals surface area contributed by atoms with Gasteiger partial charge in [-0.25, -0.2) is 4.57 Å². The van der Waals surface area contributed by atoms with Crippen molar-refractivity contribution in [2.45, 2.75) is 110 Å². The summed E-state index contributed by atoms with van der Waals surface area (Å²) in [6.07, 6.45) is 54.1. The number of likely N-dealkylation sites (N-methyl/N-ethyl adjacent to an activating group) is 1. The van der Waals surface area contributed by atoms with Crippen molar-refractivity contribution in [1.29, 1.82) is 0 Å². The normalized spacial score (nSPS) is 15.1. The summed E-state index contributed by atoms with van der Waals surface area (Å²) in [5, 5.41) is 0. The minimum Gasteiger partial charge on any atom is -0.457 e. The van der Waals surface area contributed by atoms with Crippen LogP contribution < -0.4 is 0 Å². The second-order valence-electron chi connectivity index (χ2n) is 13.9. The van der Waals surface area contributed by atoms with Crippen LogP contribution in [-0.2, 0) is 27.9 Å². The van der Waals surface area contributed by atoms with E-state index in [1.807, 2.05) is 33.3 Å². The molecule has 1 N–H and O–H groups in total. The first kappa shape index (κ1) is 51.9. The molecule has 0 aliphatic heterocycles. The van der Waals surface area contributed by atoms with Crippen LogP contribution in [0.4, 0.5) is 0 Å². The Labute approximate surface area is 335 Å². The molecule has 0 fully saturated rings. The molecule has 0 rings (SSSR count). The Kier molecular flexibility index (Phi) is 35.7. The van der Waals surface area contributed by atoms with Crippen molar-refractivity contribution in [1.82, 2.24) is 0 Å². The zero-order valence-corrected chi connectivity index (χ0v) is 35.7. The van der Waals surface area contributed by atoms with E-state index in [4.69, 9.17) is 18.5 Å². The van der Waals surface area contributed by atoms with Crippen LogP contribution in [-0.4, -0.2) is 75.6 Å². The van der Waals surface area contributed by atoms with E-state index in [-0.39, 0.29) is 26.2 Å². The lowest BCUT2D eigenvalue weighted by Gasteiger charge is -2.24. The molecule has 0 aromatic rings. The standard InChI is InChI=1S/C46H74NO7P/c1-6-8-10-12-14-16-18-20-22-23-24-25-26-27-29-31-33-35-37-39-46(48)54-45(44-53-55(49,50)52-42-40-47(3,4)5)43-51-41-38-36-34-32-30-28-21-19-17-15-13-11-9-7-2/h8-11,14-17,20-22,24-25,27-29,32-35,45H,6-7,12-13,18-19,23,26,30-31,36-44H2,1-5H3/p+1/b10-8-,11-9-,16-14-,17-15-,22-20-,25-24-,28-21-,29-27-,34-32-,35-33-. The third-order valence-electron chi connectivity index (χ3n) is 7.53. The van der Waals surface area contributed by atoms with Gasteiger partial charge in [0.25, 0.3) is 0 Å². The summed E-state index contributed by atoms with van der Waals surface area (Å²) in [7, 11) is 1.56. The molecule has 0 aromatic carbocycles. The molecule has 0 aliphatic rings. The predicted octanol–water partition coefficient (Wildman–Crippen LogP) is 11.8. The lowest BCUT2D eigenvalue weighted by Crippen LogP contribution is -2.37. The smallest absolute Gasteiger partial charge is 0.457 e. The van der Waals surface area contributed by atoms with Crippen LogP contribution in [0.15, 0.2) is 122 Å². The van der Waals surface area contributed by atoms with Crippen molar-refractivity contribution in [3.05, 3.63) is 122 Å². The Morgan fingerprint density at radius 3 is 1.38 bits per heavy atom. The molecule has 9 heteroatoms. The van der Waals surface area contributed by atoms with Gasteiger partial charge in [0.05, 0.1) is 34.4 Å². The lowest BCUT2D eigenvalue weighted by atomic mass is 10.2. The number of esters is 1. The van der Waals surface area contributed by atoms with E-state index in [9.17, 15) is 14.3 Å². The van der Waals surface area contributed by atoms with Gasteiger partial charge in [0.15, 0.2) is 0 Å². The quantitative estimate of drug-likeness (QED) is 0.0225. The maximum atomic E-state index is 12.6. The number of hydrogen-bond donors (Lipinski definition) is 1. The zero-order valence-electron chi connectivity index (χ0n) is 34.9. The van der Waals surface area contributed by atoms with Crippen LogP contribution >= 0.6 is 7.82 Å². The molecule has 310 valence electrons. The molecule has 0 heterocycles. The van der Waals surface area contributed by atoms with Crippen molar-refractivity contribution in [2.24, 2.45) is 0 Å². The van der Waals surface area contributed by atoms with E-state index < -0.39 is 19.9 Å². The molecule has 0 aliphatic carbocycles. The molecule has 0 radical (unpaired) electrons. The zero-order chi connectivity index (χ0) is 40.6. The van der Waals surface area contributed by atoms with Crippen LogP contribution in [0.5, 0.6) is 0 Å². The molecular formula is C46H75NO7P+. The van der Waals surface area contributed by atoms with Crippen molar-refractivity contribution in [2.75, 3.05) is 54.1 Å². The van der Waals surface area contributed by atoms with Gasteiger partial charge < -0.3 is 18.9 Å². The highest BCUT2D eigenvalue weighted by atomic mass is 31.2. The summed E-state index contributed by atoms with van der Waals surface area (Å²) in [6, 6.07) is 0. The van der Waals surface area contributed by atoms with Crippen LogP contribution in [0.3, 0.4) is 0 Å². The van der Waals surface area contributed by atoms with Crippen molar-refractivity contribution < 1.29 is 37.3 Å². The first-order chi connectivity index (χ1) is 26.6. The molecule has 0 bridgehead atoms. The largest absolute Gasteiger partial charge is 0.472 e. The summed E-state index contributed by atoms with van der Waals surface area (Å²) in [5.41, 5.74) is 0. The molecule has 2 unspecified atom stereocenters. The molecule has 0 spiro atoms. The minimum absolute atomic E-state index is 0.0543. The van der Waals surface area contributed by atoms with Crippen LogP contribution in [0.1, 0.15) is 104 Å². The van der Waals surface area contributed by atoms with Gasteiger partial charge >= 0.3 is 13.8 Å². The Morgan fingerprint density at radius 2 is 0.964 bits per heavy atom. The first-order valence-electron chi connectivity index (χ1n) is 20.3. The molecule has 8 nitrogen and oxygen atoms in total. The second kappa shape index (κ2) is 37.8.